The molecule has 0 atom stereocenters. The molecule has 1 fully saturated rings. The average Bonchev–Trinajstić information content (AvgIpc) is 3.24. The molecule has 0 aliphatic heterocycles. The quantitative estimate of drug-likeness (QED) is 0.652. The van der Waals surface area contributed by atoms with E-state index in [2.05, 4.69) is 38.6 Å². The van der Waals surface area contributed by atoms with Crippen LogP contribution < -0.4 is 10.6 Å². The number of hydrogen-bond acceptors (Lipinski definition) is 3. The number of pyridine rings is 1. The van der Waals surface area contributed by atoms with E-state index >= 15 is 0 Å². The van der Waals surface area contributed by atoms with Gasteiger partial charge in [0.25, 0.3) is 0 Å². The molecule has 2 aromatic heterocycles. The molecule has 2 heterocycles. The summed E-state index contributed by atoms with van der Waals surface area (Å²) in [5.41, 5.74) is 1.09. The molecule has 0 radical (unpaired) electrons. The standard InChI is InChI=1S/C16H22N6/c1-3-17-16(21-14-5-6-14)20-11-13-4-7-15(19-10-13)22-9-8-18-12(22)2/h4,7-10,14H,3,5-6,11H2,1-2H3,(H2,17,20,21). The third-order valence-corrected chi connectivity index (χ3v) is 3.56. The molecule has 6 heteroatoms. The Hall–Kier alpha value is -2.37. The summed E-state index contributed by atoms with van der Waals surface area (Å²) in [5, 5.41) is 6.68. The number of aliphatic imine (C=N–C) groups is 1. The highest BCUT2D eigenvalue weighted by molar-refractivity contribution is 5.80. The summed E-state index contributed by atoms with van der Waals surface area (Å²) in [6.45, 7) is 5.54. The summed E-state index contributed by atoms with van der Waals surface area (Å²) in [5.74, 6) is 2.70. The molecule has 22 heavy (non-hydrogen) atoms. The second-order valence-electron chi connectivity index (χ2n) is 5.48. The normalized spacial score (nSPS) is 14.9. The van der Waals surface area contributed by atoms with E-state index in [-0.39, 0.29) is 0 Å². The Morgan fingerprint density at radius 2 is 2.23 bits per heavy atom. The molecule has 0 unspecified atom stereocenters. The first-order valence-electron chi connectivity index (χ1n) is 7.76. The fourth-order valence-corrected chi connectivity index (χ4v) is 2.18. The molecule has 2 N–H and O–H groups in total. The Balaban J connectivity index is 1.66. The molecule has 3 rings (SSSR count). The summed E-state index contributed by atoms with van der Waals surface area (Å²) in [4.78, 5) is 13.3. The lowest BCUT2D eigenvalue weighted by molar-refractivity contribution is 0.811. The van der Waals surface area contributed by atoms with E-state index in [9.17, 15) is 0 Å². The molecule has 0 saturated heterocycles. The van der Waals surface area contributed by atoms with Gasteiger partial charge in [-0.05, 0) is 38.3 Å². The van der Waals surface area contributed by atoms with Gasteiger partial charge in [-0.25, -0.2) is 15.0 Å². The van der Waals surface area contributed by atoms with Crippen molar-refractivity contribution in [2.75, 3.05) is 6.54 Å². The van der Waals surface area contributed by atoms with Gasteiger partial charge >= 0.3 is 0 Å². The molecule has 6 nitrogen and oxygen atoms in total. The molecule has 1 saturated carbocycles. The molecule has 0 aromatic carbocycles. The molecular formula is C16H22N6. The number of aryl methyl sites for hydroxylation is 1. The summed E-state index contributed by atoms with van der Waals surface area (Å²) < 4.78 is 1.96. The first-order chi connectivity index (χ1) is 10.8. The van der Waals surface area contributed by atoms with E-state index in [1.165, 1.54) is 12.8 Å². The van der Waals surface area contributed by atoms with Crippen molar-refractivity contribution in [2.24, 2.45) is 4.99 Å². The van der Waals surface area contributed by atoms with E-state index in [0.29, 0.717) is 12.6 Å². The van der Waals surface area contributed by atoms with E-state index in [1.807, 2.05) is 30.0 Å². The number of imidazole rings is 1. The zero-order chi connectivity index (χ0) is 15.4. The minimum atomic E-state index is 0.600. The maximum absolute atomic E-state index is 4.61. The predicted molar refractivity (Wildman–Crippen MR) is 87.1 cm³/mol. The number of rotatable bonds is 5. The highest BCUT2D eigenvalue weighted by atomic mass is 15.2. The smallest absolute Gasteiger partial charge is 0.191 e. The van der Waals surface area contributed by atoms with E-state index in [0.717, 1.165) is 29.7 Å². The van der Waals surface area contributed by atoms with Crippen LogP contribution in [0.5, 0.6) is 0 Å². The first-order valence-corrected chi connectivity index (χ1v) is 7.76. The van der Waals surface area contributed by atoms with Crippen molar-refractivity contribution in [2.45, 2.75) is 39.3 Å². The van der Waals surface area contributed by atoms with Crippen LogP contribution in [0.15, 0.2) is 35.7 Å². The molecule has 0 amide bonds. The van der Waals surface area contributed by atoms with E-state index in [1.54, 1.807) is 6.20 Å². The van der Waals surface area contributed by atoms with Crippen LogP contribution in [0, 0.1) is 6.92 Å². The van der Waals surface area contributed by atoms with Crippen LogP contribution in [-0.2, 0) is 6.54 Å². The van der Waals surface area contributed by atoms with Crippen LogP contribution in [0.25, 0.3) is 5.82 Å². The second-order valence-corrected chi connectivity index (χ2v) is 5.48. The number of aromatic nitrogens is 3. The Kier molecular flexibility index (Phi) is 4.37. The van der Waals surface area contributed by atoms with Gasteiger partial charge in [0, 0.05) is 31.2 Å². The lowest BCUT2D eigenvalue weighted by atomic mass is 10.3. The van der Waals surface area contributed by atoms with Crippen LogP contribution in [0.3, 0.4) is 0 Å². The fourth-order valence-electron chi connectivity index (χ4n) is 2.18. The molecule has 0 bridgehead atoms. The minimum Gasteiger partial charge on any atom is -0.357 e. The average molecular weight is 298 g/mol. The van der Waals surface area contributed by atoms with E-state index < -0.39 is 0 Å². The van der Waals surface area contributed by atoms with Gasteiger partial charge in [-0.1, -0.05) is 6.07 Å². The van der Waals surface area contributed by atoms with Gasteiger partial charge in [-0.15, -0.1) is 0 Å². The molecule has 2 aromatic rings. The largest absolute Gasteiger partial charge is 0.357 e. The van der Waals surface area contributed by atoms with Gasteiger partial charge in [0.05, 0.1) is 6.54 Å². The number of guanidine groups is 1. The summed E-state index contributed by atoms with van der Waals surface area (Å²) in [6.07, 6.45) is 8.05. The SMILES string of the molecule is CCNC(=NCc1ccc(-n2ccnc2C)nc1)NC1CC1. The van der Waals surface area contributed by atoms with Crippen LogP contribution in [-0.4, -0.2) is 33.1 Å². The van der Waals surface area contributed by atoms with Crippen molar-refractivity contribution in [3.8, 4) is 5.82 Å². The summed E-state index contributed by atoms with van der Waals surface area (Å²) >= 11 is 0. The molecule has 0 spiro atoms. The number of nitrogens with one attached hydrogen (secondary N) is 2. The van der Waals surface area contributed by atoms with E-state index in [4.69, 9.17) is 0 Å². The van der Waals surface area contributed by atoms with Gasteiger partial charge in [0.2, 0.25) is 0 Å². The Morgan fingerprint density at radius 1 is 1.36 bits per heavy atom. The predicted octanol–water partition coefficient (Wildman–Crippen LogP) is 1.79. The van der Waals surface area contributed by atoms with Crippen LogP contribution >= 0.6 is 0 Å². The summed E-state index contributed by atoms with van der Waals surface area (Å²) in [7, 11) is 0. The van der Waals surface area contributed by atoms with Gasteiger partial charge in [-0.3, -0.25) is 4.57 Å². The van der Waals surface area contributed by atoms with Gasteiger partial charge < -0.3 is 10.6 Å². The maximum Gasteiger partial charge on any atom is 0.191 e. The molecule has 1 aliphatic carbocycles. The van der Waals surface area contributed by atoms with Crippen molar-refractivity contribution in [3.05, 3.63) is 42.1 Å². The lowest BCUT2D eigenvalue weighted by Crippen LogP contribution is -2.38. The fraction of sp³-hybridized carbons (Fsp3) is 0.438. The molecule has 1 aliphatic rings. The van der Waals surface area contributed by atoms with Crippen molar-refractivity contribution in [3.63, 3.8) is 0 Å². The van der Waals surface area contributed by atoms with Crippen LogP contribution in [0.1, 0.15) is 31.2 Å². The monoisotopic (exact) mass is 298 g/mol. The minimum absolute atomic E-state index is 0.600. The van der Waals surface area contributed by atoms with Gasteiger partial charge in [0.15, 0.2) is 5.96 Å². The Bertz CT molecular complexity index is 639. The summed E-state index contributed by atoms with van der Waals surface area (Å²) in [6, 6.07) is 4.66. The van der Waals surface area contributed by atoms with Crippen molar-refractivity contribution in [1.82, 2.24) is 25.2 Å². The highest BCUT2D eigenvalue weighted by Gasteiger charge is 2.21. The zero-order valence-corrected chi connectivity index (χ0v) is 13.1. The van der Waals surface area contributed by atoms with Crippen molar-refractivity contribution >= 4 is 5.96 Å². The highest BCUT2D eigenvalue weighted by Crippen LogP contribution is 2.18. The van der Waals surface area contributed by atoms with Gasteiger partial charge in [0.1, 0.15) is 11.6 Å². The Labute approximate surface area is 130 Å². The molecular weight excluding hydrogens is 276 g/mol. The number of nitrogens with zero attached hydrogens (tertiary/aromatic N) is 4. The van der Waals surface area contributed by atoms with Crippen molar-refractivity contribution in [1.29, 1.82) is 0 Å². The third-order valence-electron chi connectivity index (χ3n) is 3.56. The van der Waals surface area contributed by atoms with Gasteiger partial charge in [-0.2, -0.15) is 0 Å². The first kappa shape index (κ1) is 14.6. The molecule has 116 valence electrons. The topological polar surface area (TPSA) is 67.1 Å². The van der Waals surface area contributed by atoms with Crippen LogP contribution in [0.4, 0.5) is 0 Å². The second kappa shape index (κ2) is 6.60. The lowest BCUT2D eigenvalue weighted by Gasteiger charge is -2.10. The van der Waals surface area contributed by atoms with Crippen molar-refractivity contribution < 1.29 is 0 Å². The number of hydrogen-bond donors (Lipinski definition) is 2. The Morgan fingerprint density at radius 3 is 2.82 bits per heavy atom. The van der Waals surface area contributed by atoms with Crippen LogP contribution in [0.2, 0.25) is 0 Å². The zero-order valence-electron chi connectivity index (χ0n) is 13.1. The third kappa shape index (κ3) is 3.63. The maximum atomic E-state index is 4.61.